The van der Waals surface area contributed by atoms with E-state index in [9.17, 15) is 18.5 Å². The summed E-state index contributed by atoms with van der Waals surface area (Å²) >= 11 is 1.56. The first kappa shape index (κ1) is 22.2. The van der Waals surface area contributed by atoms with Crippen LogP contribution in [0.3, 0.4) is 0 Å². The molecule has 0 saturated carbocycles. The molecule has 1 aromatic rings. The SMILES string of the molecule is CC1CCc2c(sc(NC(=O)CCN3CCC(N(C)S(C)(=O)=O)CC3)c2C#N)C1. The number of carbonyl (C=O) groups excluding carboxylic acids is 1. The van der Waals surface area contributed by atoms with E-state index in [1.165, 1.54) is 15.4 Å². The van der Waals surface area contributed by atoms with E-state index in [0.717, 1.165) is 50.8 Å². The lowest BCUT2D eigenvalue weighted by Crippen LogP contribution is -2.45. The van der Waals surface area contributed by atoms with Crippen LogP contribution in [0.4, 0.5) is 5.00 Å². The van der Waals surface area contributed by atoms with Crippen LogP contribution >= 0.6 is 11.3 Å². The number of nitriles is 1. The number of sulfonamides is 1. The van der Waals surface area contributed by atoms with Crippen molar-refractivity contribution < 1.29 is 13.2 Å². The number of likely N-dealkylation sites (tertiary alicyclic amines) is 1. The first-order chi connectivity index (χ1) is 13.7. The van der Waals surface area contributed by atoms with E-state index in [0.29, 0.717) is 29.4 Å². The second kappa shape index (κ2) is 9.13. The highest BCUT2D eigenvalue weighted by Gasteiger charge is 2.28. The highest BCUT2D eigenvalue weighted by atomic mass is 32.2. The number of nitrogens with zero attached hydrogens (tertiary/aromatic N) is 3. The molecule has 160 valence electrons. The number of hydrogen-bond acceptors (Lipinski definition) is 6. The number of carbonyl (C=O) groups is 1. The molecule has 2 heterocycles. The molecule has 1 amide bonds. The van der Waals surface area contributed by atoms with E-state index in [1.807, 2.05) is 0 Å². The Balaban J connectivity index is 1.50. The van der Waals surface area contributed by atoms with Crippen molar-refractivity contribution in [2.24, 2.45) is 5.92 Å². The normalized spacial score (nSPS) is 21.0. The molecule has 29 heavy (non-hydrogen) atoms. The van der Waals surface area contributed by atoms with E-state index < -0.39 is 10.0 Å². The standard InChI is InChI=1S/C20H30N4O3S2/c1-14-4-5-16-17(13-21)20(28-18(16)12-14)22-19(25)8-11-24-9-6-15(7-10-24)23(2)29(3,26)27/h14-15H,4-12H2,1-3H3,(H,22,25). The number of anilines is 1. The fraction of sp³-hybridized carbons (Fsp3) is 0.700. The maximum Gasteiger partial charge on any atom is 0.226 e. The largest absolute Gasteiger partial charge is 0.317 e. The average molecular weight is 439 g/mol. The van der Waals surface area contributed by atoms with E-state index in [-0.39, 0.29) is 11.9 Å². The van der Waals surface area contributed by atoms with Crippen molar-refractivity contribution in [3.63, 3.8) is 0 Å². The summed E-state index contributed by atoms with van der Waals surface area (Å²) < 4.78 is 24.8. The summed E-state index contributed by atoms with van der Waals surface area (Å²) in [6.07, 6.45) is 6.16. The molecule has 1 saturated heterocycles. The van der Waals surface area contributed by atoms with Gasteiger partial charge in [0.1, 0.15) is 11.1 Å². The number of hydrogen-bond donors (Lipinski definition) is 1. The molecule has 2 aliphatic rings. The monoisotopic (exact) mass is 438 g/mol. The van der Waals surface area contributed by atoms with E-state index in [1.54, 1.807) is 18.4 Å². The van der Waals surface area contributed by atoms with Crippen molar-refractivity contribution in [2.45, 2.75) is 51.5 Å². The van der Waals surface area contributed by atoms with Crippen LogP contribution in [0.5, 0.6) is 0 Å². The molecule has 7 nitrogen and oxygen atoms in total. The summed E-state index contributed by atoms with van der Waals surface area (Å²) in [4.78, 5) is 15.9. The van der Waals surface area contributed by atoms with Crippen LogP contribution in [0.2, 0.25) is 0 Å². The summed E-state index contributed by atoms with van der Waals surface area (Å²) in [6.45, 7) is 4.44. The van der Waals surface area contributed by atoms with E-state index in [2.05, 4.69) is 23.2 Å². The van der Waals surface area contributed by atoms with E-state index >= 15 is 0 Å². The topological polar surface area (TPSA) is 93.5 Å². The number of nitrogens with one attached hydrogen (secondary N) is 1. The van der Waals surface area contributed by atoms with Crippen molar-refractivity contribution in [3.8, 4) is 6.07 Å². The Bertz CT molecular complexity index is 896. The zero-order chi connectivity index (χ0) is 21.2. The highest BCUT2D eigenvalue weighted by Crippen LogP contribution is 2.39. The predicted molar refractivity (Wildman–Crippen MR) is 116 cm³/mol. The summed E-state index contributed by atoms with van der Waals surface area (Å²) in [6, 6.07) is 2.32. The second-order valence-electron chi connectivity index (χ2n) is 8.32. The van der Waals surface area contributed by atoms with Crippen LogP contribution in [-0.4, -0.2) is 62.5 Å². The molecule has 0 spiro atoms. The van der Waals surface area contributed by atoms with Crippen LogP contribution in [-0.2, 0) is 27.7 Å². The molecule has 1 aromatic heterocycles. The van der Waals surface area contributed by atoms with Crippen LogP contribution in [0.15, 0.2) is 0 Å². The molecule has 1 atom stereocenters. The number of thiophene rings is 1. The molecule has 1 aliphatic heterocycles. The maximum atomic E-state index is 12.5. The van der Waals surface area contributed by atoms with Gasteiger partial charge in [-0.15, -0.1) is 11.3 Å². The molecule has 1 unspecified atom stereocenters. The minimum Gasteiger partial charge on any atom is -0.317 e. The third-order valence-corrected chi connectivity index (χ3v) is 8.64. The van der Waals surface area contributed by atoms with Crippen LogP contribution in [0, 0.1) is 17.2 Å². The average Bonchev–Trinajstić information content (AvgIpc) is 3.01. The Kier molecular flexibility index (Phi) is 6.99. The minimum absolute atomic E-state index is 0.0353. The minimum atomic E-state index is -3.17. The first-order valence-corrected chi connectivity index (χ1v) is 12.9. The quantitative estimate of drug-likeness (QED) is 0.736. The molecule has 1 fully saturated rings. The van der Waals surface area contributed by atoms with Crippen molar-refractivity contribution in [1.82, 2.24) is 9.21 Å². The number of fused-ring (bicyclic) bond motifs is 1. The van der Waals surface area contributed by atoms with Gasteiger partial charge in [-0.3, -0.25) is 4.79 Å². The van der Waals surface area contributed by atoms with Gasteiger partial charge in [0.25, 0.3) is 0 Å². The lowest BCUT2D eigenvalue weighted by atomic mass is 9.89. The van der Waals surface area contributed by atoms with Gasteiger partial charge in [0, 0.05) is 30.9 Å². The third kappa shape index (κ3) is 5.37. The zero-order valence-corrected chi connectivity index (χ0v) is 19.0. The van der Waals surface area contributed by atoms with Gasteiger partial charge < -0.3 is 10.2 Å². The molecule has 9 heteroatoms. The second-order valence-corrected chi connectivity index (χ2v) is 11.5. The molecule has 0 radical (unpaired) electrons. The van der Waals surface area contributed by atoms with Crippen molar-refractivity contribution in [1.29, 1.82) is 5.26 Å². The van der Waals surface area contributed by atoms with Gasteiger partial charge in [-0.25, -0.2) is 12.7 Å². The van der Waals surface area contributed by atoms with Gasteiger partial charge in [-0.2, -0.15) is 5.26 Å². The van der Waals surface area contributed by atoms with Crippen molar-refractivity contribution >= 4 is 32.3 Å². The van der Waals surface area contributed by atoms with Crippen molar-refractivity contribution in [3.05, 3.63) is 16.0 Å². The number of amides is 1. The lowest BCUT2D eigenvalue weighted by molar-refractivity contribution is -0.116. The maximum absolute atomic E-state index is 12.5. The predicted octanol–water partition coefficient (Wildman–Crippen LogP) is 2.43. The molecule has 0 bridgehead atoms. The van der Waals surface area contributed by atoms with Gasteiger partial charge in [-0.05, 0) is 56.7 Å². The first-order valence-electron chi connectivity index (χ1n) is 10.2. The Labute approximate surface area is 177 Å². The molecular weight excluding hydrogens is 408 g/mol. The van der Waals surface area contributed by atoms with E-state index in [4.69, 9.17) is 0 Å². The summed E-state index contributed by atoms with van der Waals surface area (Å²) in [5.74, 6) is 0.560. The molecule has 1 aliphatic carbocycles. The Hall–Kier alpha value is -1.47. The highest BCUT2D eigenvalue weighted by molar-refractivity contribution is 7.88. The number of rotatable bonds is 6. The third-order valence-electron chi connectivity index (χ3n) is 6.13. The van der Waals surface area contributed by atoms with Gasteiger partial charge in [0.15, 0.2) is 0 Å². The summed E-state index contributed by atoms with van der Waals surface area (Å²) in [7, 11) is -1.53. The van der Waals surface area contributed by atoms with Gasteiger partial charge in [0.2, 0.25) is 15.9 Å². The Morgan fingerprint density at radius 1 is 1.34 bits per heavy atom. The molecule has 0 aromatic carbocycles. The molecular formula is C20H30N4O3S2. The Morgan fingerprint density at radius 3 is 2.66 bits per heavy atom. The van der Waals surface area contributed by atoms with Gasteiger partial charge in [0.05, 0.1) is 11.8 Å². The van der Waals surface area contributed by atoms with Crippen LogP contribution in [0.1, 0.15) is 48.6 Å². The Morgan fingerprint density at radius 2 is 2.03 bits per heavy atom. The smallest absolute Gasteiger partial charge is 0.226 e. The summed E-state index contributed by atoms with van der Waals surface area (Å²) in [5.41, 5.74) is 1.78. The summed E-state index contributed by atoms with van der Waals surface area (Å²) in [5, 5.41) is 13.2. The fourth-order valence-electron chi connectivity index (χ4n) is 4.18. The molecule has 3 rings (SSSR count). The van der Waals surface area contributed by atoms with Gasteiger partial charge >= 0.3 is 0 Å². The molecule has 1 N–H and O–H groups in total. The van der Waals surface area contributed by atoms with Gasteiger partial charge in [-0.1, -0.05) is 6.92 Å². The fourth-order valence-corrected chi connectivity index (χ4v) is 6.31. The van der Waals surface area contributed by atoms with Crippen molar-refractivity contribution in [2.75, 3.05) is 38.3 Å². The lowest BCUT2D eigenvalue weighted by Gasteiger charge is -2.35. The van der Waals surface area contributed by atoms with Crippen LogP contribution in [0.25, 0.3) is 0 Å². The van der Waals surface area contributed by atoms with Crippen LogP contribution < -0.4 is 5.32 Å². The number of piperidine rings is 1. The zero-order valence-electron chi connectivity index (χ0n) is 17.4.